The Bertz CT molecular complexity index is 698. The Hall–Kier alpha value is -2.76. The van der Waals surface area contributed by atoms with Gasteiger partial charge in [0.1, 0.15) is 11.4 Å². The summed E-state index contributed by atoms with van der Waals surface area (Å²) < 4.78 is 0. The number of nitro benzene ring substituents is 1. The lowest BCUT2D eigenvalue weighted by molar-refractivity contribution is -0.383. The smallest absolute Gasteiger partial charge is 0.292 e. The monoisotopic (exact) mass is 285 g/mol. The van der Waals surface area contributed by atoms with Crippen molar-refractivity contribution in [3.8, 4) is 0 Å². The van der Waals surface area contributed by atoms with Crippen LogP contribution in [0.2, 0.25) is 0 Å². The number of carbonyl (C=O) groups excluding carboxylic acids is 1. The average molecular weight is 285 g/mol. The van der Waals surface area contributed by atoms with E-state index >= 15 is 0 Å². The van der Waals surface area contributed by atoms with Crippen LogP contribution in [0.3, 0.4) is 0 Å². The van der Waals surface area contributed by atoms with E-state index in [-0.39, 0.29) is 17.9 Å². The lowest BCUT2D eigenvalue weighted by Gasteiger charge is -2.06. The first-order chi connectivity index (χ1) is 10.0. The summed E-state index contributed by atoms with van der Waals surface area (Å²) in [6.07, 6.45) is 0.156. The van der Waals surface area contributed by atoms with Gasteiger partial charge in [0.2, 0.25) is 0 Å². The number of nitrogens with one attached hydrogen (secondary N) is 1. The minimum atomic E-state index is -0.459. The maximum Gasteiger partial charge on any atom is 0.292 e. The summed E-state index contributed by atoms with van der Waals surface area (Å²) in [7, 11) is 1.61. The summed E-state index contributed by atoms with van der Waals surface area (Å²) >= 11 is 0. The number of rotatable bonds is 5. The van der Waals surface area contributed by atoms with Gasteiger partial charge in [-0.3, -0.25) is 19.9 Å². The predicted octanol–water partition coefficient (Wildman–Crippen LogP) is 2.77. The van der Waals surface area contributed by atoms with E-state index in [0.29, 0.717) is 16.9 Å². The highest BCUT2D eigenvalue weighted by atomic mass is 16.6. The van der Waals surface area contributed by atoms with Gasteiger partial charge < -0.3 is 5.32 Å². The molecule has 0 fully saturated rings. The fourth-order valence-corrected chi connectivity index (χ4v) is 2.03. The van der Waals surface area contributed by atoms with Gasteiger partial charge in [0.05, 0.1) is 4.92 Å². The van der Waals surface area contributed by atoms with Crippen LogP contribution in [0.25, 0.3) is 0 Å². The van der Waals surface area contributed by atoms with E-state index in [1.54, 1.807) is 31.3 Å². The van der Waals surface area contributed by atoms with E-state index in [4.69, 9.17) is 0 Å². The molecule has 0 aliphatic rings. The topological polar surface area (TPSA) is 85.1 Å². The molecule has 6 nitrogen and oxygen atoms in total. The number of carbonyl (C=O) groups is 1. The number of hydrogen-bond acceptors (Lipinski definition) is 5. The van der Waals surface area contributed by atoms with E-state index in [9.17, 15) is 14.9 Å². The molecule has 0 radical (unpaired) electrons. The van der Waals surface area contributed by atoms with E-state index in [1.807, 2.05) is 13.0 Å². The van der Waals surface area contributed by atoms with Crippen LogP contribution in [0.5, 0.6) is 0 Å². The molecule has 21 heavy (non-hydrogen) atoms. The Kier molecular flexibility index (Phi) is 4.27. The largest absolute Gasteiger partial charge is 0.383 e. The Morgan fingerprint density at radius 2 is 2.10 bits per heavy atom. The molecular formula is C15H15N3O3. The van der Waals surface area contributed by atoms with Crippen LogP contribution < -0.4 is 5.32 Å². The van der Waals surface area contributed by atoms with E-state index in [1.165, 1.54) is 6.07 Å². The molecule has 0 aliphatic carbocycles. The second kappa shape index (κ2) is 6.13. The maximum absolute atomic E-state index is 12.2. The van der Waals surface area contributed by atoms with Crippen molar-refractivity contribution in [1.29, 1.82) is 0 Å². The minimum Gasteiger partial charge on any atom is -0.383 e. The molecule has 1 heterocycles. The van der Waals surface area contributed by atoms with Crippen molar-refractivity contribution in [1.82, 2.24) is 4.98 Å². The Morgan fingerprint density at radius 1 is 1.33 bits per heavy atom. The van der Waals surface area contributed by atoms with Gasteiger partial charge in [0.25, 0.3) is 5.69 Å². The number of benzene rings is 1. The summed E-state index contributed by atoms with van der Waals surface area (Å²) in [5, 5.41) is 13.6. The molecule has 0 saturated carbocycles. The average Bonchev–Trinajstić information content (AvgIpc) is 2.46. The van der Waals surface area contributed by atoms with Gasteiger partial charge >= 0.3 is 0 Å². The molecule has 2 rings (SSSR count). The molecule has 0 atom stereocenters. The van der Waals surface area contributed by atoms with Gasteiger partial charge in [0, 0.05) is 25.2 Å². The Balaban J connectivity index is 2.24. The summed E-state index contributed by atoms with van der Waals surface area (Å²) in [5.41, 5.74) is 2.27. The van der Waals surface area contributed by atoms with Gasteiger partial charge in [-0.15, -0.1) is 0 Å². The minimum absolute atomic E-state index is 0.0117. The second-order valence-electron chi connectivity index (χ2n) is 4.62. The number of hydrogen-bond donors (Lipinski definition) is 1. The zero-order valence-corrected chi connectivity index (χ0v) is 11.8. The fourth-order valence-electron chi connectivity index (χ4n) is 2.03. The quantitative estimate of drug-likeness (QED) is 0.518. The number of anilines is 1. The molecule has 1 aromatic heterocycles. The highest BCUT2D eigenvalue weighted by molar-refractivity contribution is 5.96. The fraction of sp³-hybridized carbons (Fsp3) is 0.200. The zero-order valence-electron chi connectivity index (χ0n) is 11.8. The molecule has 0 amide bonds. The number of aromatic nitrogens is 1. The van der Waals surface area contributed by atoms with Gasteiger partial charge in [0.15, 0.2) is 5.78 Å². The number of ketones is 1. The van der Waals surface area contributed by atoms with Crippen LogP contribution in [0.15, 0.2) is 36.4 Å². The van der Waals surface area contributed by atoms with Crippen LogP contribution in [0.1, 0.15) is 21.7 Å². The van der Waals surface area contributed by atoms with Crippen LogP contribution in [0, 0.1) is 17.0 Å². The molecule has 0 unspecified atom stereocenters. The van der Waals surface area contributed by atoms with Crippen molar-refractivity contribution in [2.45, 2.75) is 13.3 Å². The molecule has 1 aromatic carbocycles. The van der Waals surface area contributed by atoms with Crippen molar-refractivity contribution in [3.05, 3.63) is 63.5 Å². The summed E-state index contributed by atoms with van der Waals surface area (Å²) in [4.78, 5) is 26.8. The number of pyridine rings is 1. The van der Waals surface area contributed by atoms with Gasteiger partial charge in [-0.1, -0.05) is 12.1 Å². The molecule has 0 bridgehead atoms. The van der Waals surface area contributed by atoms with Crippen molar-refractivity contribution < 1.29 is 9.72 Å². The number of nitro groups is 1. The lowest BCUT2D eigenvalue weighted by Crippen LogP contribution is -2.07. The van der Waals surface area contributed by atoms with E-state index < -0.39 is 4.92 Å². The molecular weight excluding hydrogens is 270 g/mol. The molecule has 6 heteroatoms. The zero-order chi connectivity index (χ0) is 15.4. The standard InChI is InChI=1S/C15H15N3O3/c1-10-4-3-5-12(17-10)15(19)9-11-6-7-14(18(20)21)13(8-11)16-2/h3-8,16H,9H2,1-2H3. The molecule has 2 aromatic rings. The van der Waals surface area contributed by atoms with E-state index in [2.05, 4.69) is 10.3 Å². The Labute approximate surface area is 122 Å². The normalized spacial score (nSPS) is 10.2. The first kappa shape index (κ1) is 14.6. The molecule has 0 saturated heterocycles. The highest BCUT2D eigenvalue weighted by Gasteiger charge is 2.15. The van der Waals surface area contributed by atoms with Crippen LogP contribution in [-0.4, -0.2) is 22.7 Å². The van der Waals surface area contributed by atoms with Crippen molar-refractivity contribution >= 4 is 17.2 Å². The highest BCUT2D eigenvalue weighted by Crippen LogP contribution is 2.25. The van der Waals surface area contributed by atoms with Crippen LogP contribution >= 0.6 is 0 Å². The SMILES string of the molecule is CNc1cc(CC(=O)c2cccc(C)n2)ccc1[N+](=O)[O-]. The number of Topliss-reactive ketones (excluding diaryl/α,β-unsaturated/α-hetero) is 1. The summed E-state index contributed by atoms with van der Waals surface area (Å²) in [6.45, 7) is 1.82. The molecule has 0 spiro atoms. The van der Waals surface area contributed by atoms with Crippen LogP contribution in [-0.2, 0) is 6.42 Å². The molecule has 108 valence electrons. The van der Waals surface area contributed by atoms with Crippen molar-refractivity contribution in [2.24, 2.45) is 0 Å². The summed E-state index contributed by atoms with van der Waals surface area (Å²) in [6, 6.07) is 9.88. The van der Waals surface area contributed by atoms with Crippen molar-refractivity contribution in [2.75, 3.05) is 12.4 Å². The summed E-state index contributed by atoms with van der Waals surface area (Å²) in [5.74, 6) is -0.116. The number of aryl methyl sites for hydroxylation is 1. The van der Waals surface area contributed by atoms with Gasteiger partial charge in [-0.05, 0) is 30.7 Å². The first-order valence-electron chi connectivity index (χ1n) is 6.43. The van der Waals surface area contributed by atoms with Crippen molar-refractivity contribution in [3.63, 3.8) is 0 Å². The lowest BCUT2D eigenvalue weighted by atomic mass is 10.0. The second-order valence-corrected chi connectivity index (χ2v) is 4.62. The Morgan fingerprint density at radius 3 is 2.71 bits per heavy atom. The maximum atomic E-state index is 12.2. The predicted molar refractivity (Wildman–Crippen MR) is 79.7 cm³/mol. The van der Waals surface area contributed by atoms with Gasteiger partial charge in [-0.2, -0.15) is 0 Å². The molecule has 1 N–H and O–H groups in total. The third kappa shape index (κ3) is 3.42. The van der Waals surface area contributed by atoms with E-state index in [0.717, 1.165) is 5.69 Å². The first-order valence-corrected chi connectivity index (χ1v) is 6.43. The number of nitrogens with zero attached hydrogens (tertiary/aromatic N) is 2. The van der Waals surface area contributed by atoms with Crippen LogP contribution in [0.4, 0.5) is 11.4 Å². The molecule has 0 aliphatic heterocycles. The third-order valence-electron chi connectivity index (χ3n) is 3.07. The third-order valence-corrected chi connectivity index (χ3v) is 3.07. The van der Waals surface area contributed by atoms with Gasteiger partial charge in [-0.25, -0.2) is 0 Å².